The Balaban J connectivity index is 1.69. The normalized spacial score (nSPS) is 17.4. The van der Waals surface area contributed by atoms with Gasteiger partial charge in [-0.3, -0.25) is 4.99 Å². The second-order valence-corrected chi connectivity index (χ2v) is 9.27. The van der Waals surface area contributed by atoms with Gasteiger partial charge in [-0.05, 0) is 59.7 Å². The Morgan fingerprint density at radius 1 is 1.06 bits per heavy atom. The summed E-state index contributed by atoms with van der Waals surface area (Å²) in [6.45, 7) is 0. The molecule has 0 aliphatic carbocycles. The van der Waals surface area contributed by atoms with Crippen molar-refractivity contribution in [2.45, 2.75) is 12.1 Å². The molecule has 3 aromatic rings. The number of hydrogen-bond donors (Lipinski definition) is 0. The van der Waals surface area contributed by atoms with E-state index in [1.54, 1.807) is 30.5 Å². The number of aliphatic imine (C=N–C) groups is 2. The average Bonchev–Trinajstić information content (AvgIpc) is 3.22. The third-order valence-corrected chi connectivity index (χ3v) is 6.26. The molecule has 0 aromatic heterocycles. The molecule has 0 amide bonds. The minimum atomic E-state index is -0.849. The highest BCUT2D eigenvalue weighted by molar-refractivity contribution is 9.10. The smallest absolute Gasteiger partial charge is 0.337 e. The highest BCUT2D eigenvalue weighted by Gasteiger charge is 2.31. The molecule has 0 bridgehead atoms. The van der Waals surface area contributed by atoms with Crippen LogP contribution in [0.4, 0.5) is 0 Å². The summed E-state index contributed by atoms with van der Waals surface area (Å²) in [4.78, 5) is 21.5. The summed E-state index contributed by atoms with van der Waals surface area (Å²) in [5, 5.41) is 1.08. The Bertz CT molecular complexity index is 1270. The number of hydrogen-bond acceptors (Lipinski definition) is 4. The van der Waals surface area contributed by atoms with E-state index in [4.69, 9.17) is 37.9 Å². The third-order valence-electron chi connectivity index (χ3n) is 5.18. The van der Waals surface area contributed by atoms with Crippen molar-refractivity contribution in [1.29, 1.82) is 0 Å². The molecule has 1 aliphatic rings. The van der Waals surface area contributed by atoms with E-state index in [1.807, 2.05) is 54.6 Å². The molecule has 4 nitrogen and oxygen atoms in total. The zero-order valence-corrected chi connectivity index (χ0v) is 20.7. The predicted molar refractivity (Wildman–Crippen MR) is 139 cm³/mol. The van der Waals surface area contributed by atoms with Crippen LogP contribution in [0.25, 0.3) is 6.08 Å². The molecular formula is C26H19BrCl2N2O2. The van der Waals surface area contributed by atoms with E-state index >= 15 is 0 Å². The van der Waals surface area contributed by atoms with Gasteiger partial charge in [-0.2, -0.15) is 0 Å². The molecule has 33 heavy (non-hydrogen) atoms. The lowest BCUT2D eigenvalue weighted by atomic mass is 9.98. The lowest BCUT2D eigenvalue weighted by Crippen LogP contribution is -2.22. The van der Waals surface area contributed by atoms with Gasteiger partial charge in [-0.1, -0.05) is 69.5 Å². The minimum absolute atomic E-state index is 0.372. The van der Waals surface area contributed by atoms with Gasteiger partial charge < -0.3 is 4.74 Å². The molecule has 0 N–H and O–H groups in total. The average molecular weight is 542 g/mol. The lowest BCUT2D eigenvalue weighted by Gasteiger charge is -2.20. The maximum Gasteiger partial charge on any atom is 0.337 e. The number of methoxy groups -OCH3 is 1. The summed E-state index contributed by atoms with van der Waals surface area (Å²) in [5.41, 5.74) is 3.10. The van der Waals surface area contributed by atoms with Crippen molar-refractivity contribution in [3.8, 4) is 0 Å². The molecule has 1 unspecified atom stereocenters. The van der Waals surface area contributed by atoms with Crippen LogP contribution in [0.15, 0.2) is 87.3 Å². The van der Waals surface area contributed by atoms with Gasteiger partial charge in [-0.25, -0.2) is 9.79 Å². The van der Waals surface area contributed by atoms with E-state index in [9.17, 15) is 4.79 Å². The highest BCUT2D eigenvalue weighted by atomic mass is 79.9. The Morgan fingerprint density at radius 2 is 1.79 bits per heavy atom. The van der Waals surface area contributed by atoms with Gasteiger partial charge in [-0.15, -0.1) is 0 Å². The van der Waals surface area contributed by atoms with Gasteiger partial charge in [0, 0.05) is 21.5 Å². The molecule has 3 aromatic carbocycles. The number of ether oxygens (including phenoxy) is 1. The van der Waals surface area contributed by atoms with Crippen molar-refractivity contribution in [3.05, 3.63) is 110 Å². The standard InChI is InChI=1S/C26H19BrCl2N2O2/c1-33-25(32)19-6-2-18(3-7-19)15-26(13-12-17-4-8-20(27)9-5-17)30-16-24(31-26)22-11-10-21(28)14-23(22)29/h2-14,16H,15H2,1H3. The zero-order chi connectivity index (χ0) is 23.4. The molecule has 7 heteroatoms. The summed E-state index contributed by atoms with van der Waals surface area (Å²) in [6.07, 6.45) is 6.23. The van der Waals surface area contributed by atoms with E-state index in [0.29, 0.717) is 27.7 Å². The van der Waals surface area contributed by atoms with Crippen LogP contribution in [0.3, 0.4) is 0 Å². The fourth-order valence-electron chi connectivity index (χ4n) is 3.47. The molecule has 1 heterocycles. The molecule has 0 saturated heterocycles. The predicted octanol–water partition coefficient (Wildman–Crippen LogP) is 7.07. The topological polar surface area (TPSA) is 51.0 Å². The molecule has 0 spiro atoms. The molecule has 0 radical (unpaired) electrons. The number of carbonyl (C=O) groups excluding carboxylic acids is 1. The van der Waals surface area contributed by atoms with Crippen molar-refractivity contribution >= 4 is 63.1 Å². The summed E-state index contributed by atoms with van der Waals surface area (Å²) in [6, 6.07) is 20.6. The second kappa shape index (κ2) is 10.0. The summed E-state index contributed by atoms with van der Waals surface area (Å²) < 4.78 is 5.80. The first-order valence-corrected chi connectivity index (χ1v) is 11.6. The van der Waals surface area contributed by atoms with Gasteiger partial charge in [0.1, 0.15) is 0 Å². The quantitative estimate of drug-likeness (QED) is 0.313. The van der Waals surface area contributed by atoms with Crippen LogP contribution >= 0.6 is 39.1 Å². The number of nitrogens with zero attached hydrogens (tertiary/aromatic N) is 2. The van der Waals surface area contributed by atoms with Crippen LogP contribution in [0.5, 0.6) is 0 Å². The monoisotopic (exact) mass is 540 g/mol. The first-order valence-electron chi connectivity index (χ1n) is 10.1. The Hall–Kier alpha value is -2.73. The first kappa shape index (κ1) is 23.4. The summed E-state index contributed by atoms with van der Waals surface area (Å²) in [7, 11) is 1.36. The van der Waals surface area contributed by atoms with Gasteiger partial charge in [0.05, 0.1) is 29.6 Å². The van der Waals surface area contributed by atoms with Gasteiger partial charge in [0.15, 0.2) is 5.66 Å². The van der Waals surface area contributed by atoms with E-state index < -0.39 is 5.66 Å². The SMILES string of the molecule is COC(=O)c1ccc(CC2(C=Cc3ccc(Br)cc3)N=CC(c3ccc(Cl)cc3Cl)=N2)cc1. The van der Waals surface area contributed by atoms with Crippen molar-refractivity contribution in [2.75, 3.05) is 7.11 Å². The molecule has 0 fully saturated rings. The number of benzene rings is 3. The molecule has 166 valence electrons. The van der Waals surface area contributed by atoms with Crippen LogP contribution in [-0.2, 0) is 11.2 Å². The molecule has 4 rings (SSSR count). The lowest BCUT2D eigenvalue weighted by molar-refractivity contribution is 0.0600. The fourth-order valence-corrected chi connectivity index (χ4v) is 4.24. The maximum atomic E-state index is 11.8. The Labute approximate surface area is 210 Å². The first-order chi connectivity index (χ1) is 15.9. The summed E-state index contributed by atoms with van der Waals surface area (Å²) in [5.74, 6) is -0.372. The van der Waals surface area contributed by atoms with Gasteiger partial charge in [0.2, 0.25) is 0 Å². The molecule has 1 aliphatic heterocycles. The van der Waals surface area contributed by atoms with Gasteiger partial charge in [0.25, 0.3) is 0 Å². The minimum Gasteiger partial charge on any atom is -0.465 e. The highest BCUT2D eigenvalue weighted by Crippen LogP contribution is 2.30. The van der Waals surface area contributed by atoms with E-state index in [0.717, 1.165) is 21.2 Å². The van der Waals surface area contributed by atoms with E-state index in [2.05, 4.69) is 15.9 Å². The van der Waals surface area contributed by atoms with E-state index in [1.165, 1.54) is 7.11 Å². The number of carbonyl (C=O) groups is 1. The summed E-state index contributed by atoms with van der Waals surface area (Å²) >= 11 is 15.9. The van der Waals surface area contributed by atoms with Crippen LogP contribution in [-0.4, -0.2) is 30.7 Å². The third kappa shape index (κ3) is 5.61. The number of halogens is 3. The van der Waals surface area contributed by atoms with Crippen LogP contribution < -0.4 is 0 Å². The molecule has 0 saturated carbocycles. The second-order valence-electron chi connectivity index (χ2n) is 7.51. The Kier molecular flexibility index (Phi) is 7.13. The van der Waals surface area contributed by atoms with Crippen molar-refractivity contribution in [3.63, 3.8) is 0 Å². The van der Waals surface area contributed by atoms with Gasteiger partial charge >= 0.3 is 5.97 Å². The molecular weight excluding hydrogens is 523 g/mol. The van der Waals surface area contributed by atoms with Crippen LogP contribution in [0.1, 0.15) is 27.0 Å². The Morgan fingerprint density at radius 3 is 2.45 bits per heavy atom. The zero-order valence-electron chi connectivity index (χ0n) is 17.6. The number of rotatable bonds is 6. The maximum absolute atomic E-state index is 11.8. The van der Waals surface area contributed by atoms with Crippen molar-refractivity contribution < 1.29 is 9.53 Å². The van der Waals surface area contributed by atoms with Crippen molar-refractivity contribution in [2.24, 2.45) is 9.98 Å². The van der Waals surface area contributed by atoms with Crippen LogP contribution in [0.2, 0.25) is 10.0 Å². The largest absolute Gasteiger partial charge is 0.465 e. The van der Waals surface area contributed by atoms with Crippen molar-refractivity contribution in [1.82, 2.24) is 0 Å². The molecule has 1 atom stereocenters. The van der Waals surface area contributed by atoms with E-state index in [-0.39, 0.29) is 5.97 Å². The van der Waals surface area contributed by atoms with Crippen LogP contribution in [0, 0.1) is 0 Å². The fraction of sp³-hybridized carbons (Fsp3) is 0.115. The number of esters is 1.